The molecule has 2 fully saturated rings. The van der Waals surface area contributed by atoms with Crippen molar-refractivity contribution in [2.45, 2.75) is 31.9 Å². The van der Waals surface area contributed by atoms with Gasteiger partial charge in [-0.3, -0.25) is 4.79 Å². The number of carbonyl (C=O) groups excluding carboxylic acids is 1. The molecule has 17 heavy (non-hydrogen) atoms. The Hall–Kier alpha value is -0.650. The van der Waals surface area contributed by atoms with Gasteiger partial charge in [-0.2, -0.15) is 0 Å². The predicted octanol–water partition coefficient (Wildman–Crippen LogP) is -0.0124. The molecule has 5 heteroatoms. The van der Waals surface area contributed by atoms with Crippen LogP contribution in [0.2, 0.25) is 0 Å². The summed E-state index contributed by atoms with van der Waals surface area (Å²) in [6.45, 7) is 5.12. The van der Waals surface area contributed by atoms with Crippen molar-refractivity contribution in [1.29, 1.82) is 0 Å². The van der Waals surface area contributed by atoms with Gasteiger partial charge in [0.25, 0.3) is 5.91 Å². The van der Waals surface area contributed by atoms with E-state index in [1.54, 1.807) is 0 Å². The normalized spacial score (nSPS) is 34.7. The molecule has 1 amide bonds. The Morgan fingerprint density at radius 3 is 2.94 bits per heavy atom. The van der Waals surface area contributed by atoms with Gasteiger partial charge in [0.1, 0.15) is 0 Å². The summed E-state index contributed by atoms with van der Waals surface area (Å²) in [5.74, 6) is 0.479. The second-order valence-electron chi connectivity index (χ2n) is 4.84. The number of carbonyl (C=O) groups is 1. The first-order valence-corrected chi connectivity index (χ1v) is 6.46. The lowest BCUT2D eigenvalue weighted by molar-refractivity contribution is -0.159. The van der Waals surface area contributed by atoms with Gasteiger partial charge in [0.2, 0.25) is 0 Å². The average Bonchev–Trinajstić information content (AvgIpc) is 2.39. The largest absolute Gasteiger partial charge is 0.376 e. The molecule has 2 aliphatic rings. The molecule has 0 aromatic rings. The van der Waals surface area contributed by atoms with Gasteiger partial charge in [-0.05, 0) is 12.3 Å². The molecule has 2 saturated heterocycles. The van der Waals surface area contributed by atoms with E-state index >= 15 is 0 Å². The summed E-state index contributed by atoms with van der Waals surface area (Å²) in [7, 11) is 0. The number of ether oxygens (including phenoxy) is 2. The maximum absolute atomic E-state index is 12.2. The van der Waals surface area contributed by atoms with Crippen molar-refractivity contribution >= 4 is 5.91 Å². The van der Waals surface area contributed by atoms with Crippen LogP contribution >= 0.6 is 0 Å². The zero-order valence-electron chi connectivity index (χ0n) is 10.4. The summed E-state index contributed by atoms with van der Waals surface area (Å²) >= 11 is 0. The van der Waals surface area contributed by atoms with E-state index < -0.39 is 6.10 Å². The van der Waals surface area contributed by atoms with Gasteiger partial charge in [0, 0.05) is 19.1 Å². The van der Waals surface area contributed by atoms with Gasteiger partial charge >= 0.3 is 0 Å². The van der Waals surface area contributed by atoms with E-state index in [0.29, 0.717) is 25.7 Å². The Balaban J connectivity index is 1.90. The zero-order chi connectivity index (χ0) is 12.3. The minimum atomic E-state index is -0.407. The summed E-state index contributed by atoms with van der Waals surface area (Å²) in [5.41, 5.74) is 6.04. The third kappa shape index (κ3) is 2.97. The number of hydrogen-bond donors (Lipinski definition) is 1. The van der Waals surface area contributed by atoms with Crippen LogP contribution in [0.5, 0.6) is 0 Å². The molecule has 3 atom stereocenters. The van der Waals surface area contributed by atoms with Crippen LogP contribution in [0.3, 0.4) is 0 Å². The topological polar surface area (TPSA) is 64.8 Å². The fourth-order valence-corrected chi connectivity index (χ4v) is 2.52. The fourth-order valence-electron chi connectivity index (χ4n) is 2.52. The molecular weight excluding hydrogens is 220 g/mol. The molecule has 3 unspecified atom stereocenters. The van der Waals surface area contributed by atoms with Crippen LogP contribution in [0.4, 0.5) is 0 Å². The van der Waals surface area contributed by atoms with Crippen LogP contribution in [0.25, 0.3) is 0 Å². The number of likely N-dealkylation sites (tertiary alicyclic amines) is 1. The van der Waals surface area contributed by atoms with Gasteiger partial charge in [0.05, 0.1) is 19.8 Å². The molecule has 0 bridgehead atoms. The van der Waals surface area contributed by atoms with Crippen molar-refractivity contribution < 1.29 is 14.3 Å². The molecule has 0 spiro atoms. The number of piperidine rings is 1. The van der Waals surface area contributed by atoms with Crippen LogP contribution in [0.1, 0.15) is 19.8 Å². The van der Waals surface area contributed by atoms with Crippen molar-refractivity contribution in [3.63, 3.8) is 0 Å². The number of hydrogen-bond acceptors (Lipinski definition) is 4. The third-order valence-corrected chi connectivity index (χ3v) is 3.72. The van der Waals surface area contributed by atoms with Crippen molar-refractivity contribution in [1.82, 2.24) is 4.90 Å². The SMILES string of the molecule is CCC1CN(C(=O)C2COCCO2)CCC1N. The number of nitrogens with zero attached hydrogens (tertiary/aromatic N) is 1. The summed E-state index contributed by atoms with van der Waals surface area (Å²) in [4.78, 5) is 14.1. The van der Waals surface area contributed by atoms with E-state index in [9.17, 15) is 4.79 Å². The molecule has 2 N–H and O–H groups in total. The summed E-state index contributed by atoms with van der Waals surface area (Å²) in [6, 6.07) is 0.229. The quantitative estimate of drug-likeness (QED) is 0.739. The maximum Gasteiger partial charge on any atom is 0.254 e. The maximum atomic E-state index is 12.2. The van der Waals surface area contributed by atoms with E-state index in [2.05, 4.69) is 6.92 Å². The number of nitrogens with two attached hydrogens (primary N) is 1. The van der Waals surface area contributed by atoms with E-state index in [0.717, 1.165) is 25.9 Å². The molecule has 0 aromatic carbocycles. The fraction of sp³-hybridized carbons (Fsp3) is 0.917. The molecule has 2 rings (SSSR count). The molecule has 5 nitrogen and oxygen atoms in total. The zero-order valence-corrected chi connectivity index (χ0v) is 10.4. The first-order valence-electron chi connectivity index (χ1n) is 6.46. The summed E-state index contributed by atoms with van der Waals surface area (Å²) in [5, 5.41) is 0. The second-order valence-corrected chi connectivity index (χ2v) is 4.84. The smallest absolute Gasteiger partial charge is 0.254 e. The van der Waals surface area contributed by atoms with Crippen LogP contribution in [-0.4, -0.2) is 55.9 Å². The third-order valence-electron chi connectivity index (χ3n) is 3.72. The van der Waals surface area contributed by atoms with Gasteiger partial charge in [-0.15, -0.1) is 0 Å². The molecule has 0 radical (unpaired) electrons. The van der Waals surface area contributed by atoms with E-state index in [4.69, 9.17) is 15.2 Å². The van der Waals surface area contributed by atoms with Gasteiger partial charge in [-0.25, -0.2) is 0 Å². The molecule has 0 aliphatic carbocycles. The highest BCUT2D eigenvalue weighted by atomic mass is 16.6. The van der Waals surface area contributed by atoms with E-state index in [1.807, 2.05) is 4.90 Å². The lowest BCUT2D eigenvalue weighted by Crippen LogP contribution is -2.53. The van der Waals surface area contributed by atoms with Crippen molar-refractivity contribution in [2.75, 3.05) is 32.9 Å². The Morgan fingerprint density at radius 2 is 2.29 bits per heavy atom. The predicted molar refractivity (Wildman–Crippen MR) is 63.5 cm³/mol. The van der Waals surface area contributed by atoms with Crippen LogP contribution in [-0.2, 0) is 14.3 Å². The van der Waals surface area contributed by atoms with Crippen molar-refractivity contribution in [3.05, 3.63) is 0 Å². The van der Waals surface area contributed by atoms with Gasteiger partial charge in [-0.1, -0.05) is 13.3 Å². The van der Waals surface area contributed by atoms with Crippen LogP contribution in [0.15, 0.2) is 0 Å². The molecule has 98 valence electrons. The first kappa shape index (κ1) is 12.8. The molecule has 2 aliphatic heterocycles. The Labute approximate surface area is 102 Å². The molecule has 0 aromatic heterocycles. The lowest BCUT2D eigenvalue weighted by atomic mass is 9.90. The number of rotatable bonds is 2. The van der Waals surface area contributed by atoms with Crippen molar-refractivity contribution in [3.8, 4) is 0 Å². The van der Waals surface area contributed by atoms with Crippen LogP contribution in [0, 0.1) is 5.92 Å². The standard InChI is InChI=1S/C12H22N2O3/c1-2-9-7-14(4-3-10(9)13)12(15)11-8-16-5-6-17-11/h9-11H,2-8,13H2,1H3. The summed E-state index contributed by atoms with van der Waals surface area (Å²) < 4.78 is 10.7. The van der Waals surface area contributed by atoms with E-state index in [1.165, 1.54) is 0 Å². The van der Waals surface area contributed by atoms with Crippen molar-refractivity contribution in [2.24, 2.45) is 11.7 Å². The minimum absolute atomic E-state index is 0.0649. The average molecular weight is 242 g/mol. The summed E-state index contributed by atoms with van der Waals surface area (Å²) in [6.07, 6.45) is 1.50. The van der Waals surface area contributed by atoms with Gasteiger partial charge < -0.3 is 20.1 Å². The minimum Gasteiger partial charge on any atom is -0.376 e. The highest BCUT2D eigenvalue weighted by Gasteiger charge is 2.33. The Kier molecular flexibility index (Phi) is 4.36. The Bertz CT molecular complexity index is 266. The van der Waals surface area contributed by atoms with Crippen LogP contribution < -0.4 is 5.73 Å². The van der Waals surface area contributed by atoms with Gasteiger partial charge in [0.15, 0.2) is 6.10 Å². The first-order chi connectivity index (χ1) is 8.22. The highest BCUT2D eigenvalue weighted by Crippen LogP contribution is 2.20. The molecule has 0 saturated carbocycles. The lowest BCUT2D eigenvalue weighted by Gasteiger charge is -2.38. The van der Waals surface area contributed by atoms with E-state index in [-0.39, 0.29) is 11.9 Å². The molecular formula is C12H22N2O3. The number of amides is 1. The highest BCUT2D eigenvalue weighted by molar-refractivity contribution is 5.81. The Morgan fingerprint density at radius 1 is 1.47 bits per heavy atom. The molecule has 2 heterocycles. The second kappa shape index (κ2) is 5.80. The monoisotopic (exact) mass is 242 g/mol.